The summed E-state index contributed by atoms with van der Waals surface area (Å²) < 4.78 is 15.4. The van der Waals surface area contributed by atoms with Crippen LogP contribution in [0.3, 0.4) is 0 Å². The Bertz CT molecular complexity index is 934. The summed E-state index contributed by atoms with van der Waals surface area (Å²) in [6, 6.07) is 6.52. The highest BCUT2D eigenvalue weighted by Crippen LogP contribution is 2.29. The summed E-state index contributed by atoms with van der Waals surface area (Å²) in [5.41, 5.74) is -0.838. The molecule has 1 heterocycles. The summed E-state index contributed by atoms with van der Waals surface area (Å²) >= 11 is 0. The minimum absolute atomic E-state index is 0.0770. The molecule has 0 bridgehead atoms. The van der Waals surface area contributed by atoms with Crippen LogP contribution in [0.25, 0.3) is 11.0 Å². The Morgan fingerprint density at radius 2 is 2.04 bits per heavy atom. The number of carbonyl (C=O) groups excluding carboxylic acids is 2. The van der Waals surface area contributed by atoms with E-state index < -0.39 is 18.2 Å². The van der Waals surface area contributed by atoms with E-state index in [0.717, 1.165) is 19.3 Å². The Kier molecular flexibility index (Phi) is 6.02. The van der Waals surface area contributed by atoms with Crippen molar-refractivity contribution in [1.82, 2.24) is 5.32 Å². The molecule has 3 rings (SSSR count). The molecule has 7 heteroatoms. The summed E-state index contributed by atoms with van der Waals surface area (Å²) in [5.74, 6) is 0.0475. The van der Waals surface area contributed by atoms with Gasteiger partial charge in [0.25, 0.3) is 5.91 Å². The number of nitrogens with one attached hydrogen (secondary N) is 1. The van der Waals surface area contributed by atoms with Crippen LogP contribution in [0.15, 0.2) is 33.5 Å². The minimum Gasteiger partial charge on any atom is -0.493 e. The molecular formula is C21H25NO6. The molecule has 28 heavy (non-hydrogen) atoms. The van der Waals surface area contributed by atoms with Crippen molar-refractivity contribution >= 4 is 22.8 Å². The van der Waals surface area contributed by atoms with Gasteiger partial charge in [-0.05, 0) is 30.4 Å². The van der Waals surface area contributed by atoms with E-state index in [9.17, 15) is 14.4 Å². The van der Waals surface area contributed by atoms with Crippen molar-refractivity contribution in [3.05, 3.63) is 40.2 Å². The maximum Gasteiger partial charge on any atom is 0.351 e. The summed E-state index contributed by atoms with van der Waals surface area (Å²) in [5, 5.41) is 3.46. The average molecular weight is 387 g/mol. The SMILES string of the molecule is COc1cccc2cc(C(=O)OCC(=O)N[C@H]3CCC[C@@H](C)[C@@H]3C)c(=O)oc12. The molecule has 3 atom stereocenters. The smallest absolute Gasteiger partial charge is 0.351 e. The van der Waals surface area contributed by atoms with Crippen LogP contribution in [0.4, 0.5) is 0 Å². The number of amides is 1. The quantitative estimate of drug-likeness (QED) is 0.626. The maximum absolute atomic E-state index is 12.3. The van der Waals surface area contributed by atoms with Crippen molar-refractivity contribution in [2.45, 2.75) is 39.2 Å². The minimum atomic E-state index is -0.890. The fourth-order valence-corrected chi connectivity index (χ4v) is 3.66. The van der Waals surface area contributed by atoms with Gasteiger partial charge in [0, 0.05) is 11.4 Å². The molecule has 1 fully saturated rings. The second kappa shape index (κ2) is 8.46. The lowest BCUT2D eigenvalue weighted by Gasteiger charge is -2.34. The fourth-order valence-electron chi connectivity index (χ4n) is 3.66. The first-order valence-corrected chi connectivity index (χ1v) is 9.48. The van der Waals surface area contributed by atoms with Crippen LogP contribution in [0.1, 0.15) is 43.5 Å². The van der Waals surface area contributed by atoms with Gasteiger partial charge in [-0.25, -0.2) is 9.59 Å². The van der Waals surface area contributed by atoms with Gasteiger partial charge in [0.15, 0.2) is 17.9 Å². The van der Waals surface area contributed by atoms with Crippen LogP contribution in [0.2, 0.25) is 0 Å². The Hall–Kier alpha value is -2.83. The summed E-state index contributed by atoms with van der Waals surface area (Å²) in [4.78, 5) is 36.6. The third-order valence-electron chi connectivity index (χ3n) is 5.55. The Morgan fingerprint density at radius 1 is 1.25 bits per heavy atom. The van der Waals surface area contributed by atoms with E-state index in [0.29, 0.717) is 23.0 Å². The Balaban J connectivity index is 1.65. The number of rotatable bonds is 5. The molecule has 1 saturated carbocycles. The molecule has 0 spiro atoms. The lowest BCUT2D eigenvalue weighted by Crippen LogP contribution is -2.45. The largest absolute Gasteiger partial charge is 0.493 e. The zero-order chi connectivity index (χ0) is 20.3. The van der Waals surface area contributed by atoms with E-state index in [1.165, 1.54) is 13.2 Å². The summed E-state index contributed by atoms with van der Waals surface area (Å²) in [6.07, 6.45) is 3.14. The van der Waals surface area contributed by atoms with E-state index in [1.807, 2.05) is 0 Å². The number of hydrogen-bond donors (Lipinski definition) is 1. The van der Waals surface area contributed by atoms with Gasteiger partial charge >= 0.3 is 11.6 Å². The van der Waals surface area contributed by atoms with Crippen LogP contribution in [0.5, 0.6) is 5.75 Å². The van der Waals surface area contributed by atoms with E-state index >= 15 is 0 Å². The zero-order valence-electron chi connectivity index (χ0n) is 16.3. The van der Waals surface area contributed by atoms with Crippen molar-refractivity contribution < 1.29 is 23.5 Å². The normalized spacial score (nSPS) is 21.9. The van der Waals surface area contributed by atoms with Gasteiger partial charge in [-0.1, -0.05) is 38.8 Å². The van der Waals surface area contributed by atoms with Crippen LogP contribution in [0, 0.1) is 11.8 Å². The van der Waals surface area contributed by atoms with Gasteiger partial charge in [-0.3, -0.25) is 4.79 Å². The van der Waals surface area contributed by atoms with E-state index in [-0.39, 0.29) is 23.1 Å². The molecule has 1 aliphatic rings. The zero-order valence-corrected chi connectivity index (χ0v) is 16.3. The second-order valence-electron chi connectivity index (χ2n) is 7.34. The fraction of sp³-hybridized carbons (Fsp3) is 0.476. The lowest BCUT2D eigenvalue weighted by atomic mass is 9.78. The first-order chi connectivity index (χ1) is 13.4. The van der Waals surface area contributed by atoms with Crippen LogP contribution >= 0.6 is 0 Å². The number of esters is 1. The van der Waals surface area contributed by atoms with Gasteiger partial charge < -0.3 is 19.2 Å². The third-order valence-corrected chi connectivity index (χ3v) is 5.55. The van der Waals surface area contributed by atoms with Gasteiger partial charge in [-0.2, -0.15) is 0 Å². The highest BCUT2D eigenvalue weighted by Gasteiger charge is 2.28. The highest BCUT2D eigenvalue weighted by atomic mass is 16.5. The lowest BCUT2D eigenvalue weighted by molar-refractivity contribution is -0.125. The van der Waals surface area contributed by atoms with Crippen LogP contribution in [-0.2, 0) is 9.53 Å². The van der Waals surface area contributed by atoms with Crippen LogP contribution < -0.4 is 15.7 Å². The van der Waals surface area contributed by atoms with Crippen molar-refractivity contribution in [1.29, 1.82) is 0 Å². The molecule has 1 amide bonds. The number of fused-ring (bicyclic) bond motifs is 1. The van der Waals surface area contributed by atoms with Crippen molar-refractivity contribution in [2.24, 2.45) is 11.8 Å². The Labute approximate surface area is 163 Å². The molecule has 0 unspecified atom stereocenters. The standard InChI is InChI=1S/C21H25NO6/c1-12-6-4-8-16(13(12)2)22-18(23)11-27-20(24)15-10-14-7-5-9-17(26-3)19(14)28-21(15)25/h5,7,9-10,12-13,16H,4,6,8,11H2,1-3H3,(H,22,23)/t12-,13+,16+/m1/s1. The Morgan fingerprint density at radius 3 is 2.79 bits per heavy atom. The molecule has 7 nitrogen and oxygen atoms in total. The summed E-state index contributed by atoms with van der Waals surface area (Å²) in [6.45, 7) is 3.86. The maximum atomic E-state index is 12.3. The van der Waals surface area contributed by atoms with Crippen molar-refractivity contribution in [2.75, 3.05) is 13.7 Å². The van der Waals surface area contributed by atoms with E-state index in [4.69, 9.17) is 13.9 Å². The first-order valence-electron chi connectivity index (χ1n) is 9.48. The topological polar surface area (TPSA) is 94.8 Å². The number of carbonyl (C=O) groups is 2. The number of methoxy groups -OCH3 is 1. The molecule has 1 N–H and O–H groups in total. The molecule has 1 aromatic carbocycles. The second-order valence-corrected chi connectivity index (χ2v) is 7.34. The number of hydrogen-bond acceptors (Lipinski definition) is 6. The molecule has 1 aromatic heterocycles. The van der Waals surface area contributed by atoms with Crippen molar-refractivity contribution in [3.8, 4) is 5.75 Å². The predicted octanol–water partition coefficient (Wildman–Crippen LogP) is 2.90. The van der Waals surface area contributed by atoms with E-state index in [1.54, 1.807) is 18.2 Å². The van der Waals surface area contributed by atoms with E-state index in [2.05, 4.69) is 19.2 Å². The van der Waals surface area contributed by atoms with Gasteiger partial charge in [0.1, 0.15) is 5.56 Å². The monoisotopic (exact) mass is 387 g/mol. The number of ether oxygens (including phenoxy) is 2. The van der Waals surface area contributed by atoms with Gasteiger partial charge in [-0.15, -0.1) is 0 Å². The first kappa shape index (κ1) is 19.9. The molecule has 0 aliphatic heterocycles. The molecular weight excluding hydrogens is 362 g/mol. The van der Waals surface area contributed by atoms with Crippen LogP contribution in [-0.4, -0.2) is 31.6 Å². The molecule has 1 aliphatic carbocycles. The highest BCUT2D eigenvalue weighted by molar-refractivity contribution is 5.95. The number of benzene rings is 1. The van der Waals surface area contributed by atoms with Gasteiger partial charge in [0.05, 0.1) is 7.11 Å². The average Bonchev–Trinajstić information content (AvgIpc) is 2.68. The molecule has 0 saturated heterocycles. The molecule has 0 radical (unpaired) electrons. The summed E-state index contributed by atoms with van der Waals surface area (Å²) in [7, 11) is 1.46. The number of para-hydroxylation sites is 1. The molecule has 150 valence electrons. The third kappa shape index (κ3) is 4.18. The van der Waals surface area contributed by atoms with Gasteiger partial charge in [0.2, 0.25) is 0 Å². The predicted molar refractivity (Wildman–Crippen MR) is 103 cm³/mol. The molecule has 2 aromatic rings. The van der Waals surface area contributed by atoms with Crippen molar-refractivity contribution in [3.63, 3.8) is 0 Å².